The summed E-state index contributed by atoms with van der Waals surface area (Å²) >= 11 is 0. The average Bonchev–Trinajstić information content (AvgIpc) is 2.86. The molecule has 0 spiro atoms. The fraction of sp³-hybridized carbons (Fsp3) is 0.320. The molecule has 2 aromatic carbocycles. The second kappa shape index (κ2) is 9.36. The van der Waals surface area contributed by atoms with Gasteiger partial charge in [-0.05, 0) is 30.5 Å². The Kier molecular flexibility index (Phi) is 5.97. The van der Waals surface area contributed by atoms with Gasteiger partial charge in [0.05, 0.1) is 24.3 Å². The number of amides is 1. The first-order valence-electron chi connectivity index (χ1n) is 11.2. The molecule has 1 amide bonds. The number of ether oxygens (including phenoxy) is 2. The lowest BCUT2D eigenvalue weighted by atomic mass is 9.96. The van der Waals surface area contributed by atoms with Gasteiger partial charge in [0, 0.05) is 30.9 Å². The molecule has 3 heterocycles. The zero-order valence-electron chi connectivity index (χ0n) is 18.3. The van der Waals surface area contributed by atoms with Crippen molar-refractivity contribution in [2.24, 2.45) is 5.92 Å². The molecule has 170 valence electrons. The maximum Gasteiger partial charge on any atom is 0.269 e. The normalized spacial score (nSPS) is 17.5. The predicted molar refractivity (Wildman–Crippen MR) is 125 cm³/mol. The highest BCUT2D eigenvalue weighted by molar-refractivity contribution is 5.93. The topological polar surface area (TPSA) is 85.7 Å². The number of fused-ring (bicyclic) bond motifs is 1. The van der Waals surface area contributed by atoms with Gasteiger partial charge in [-0.15, -0.1) is 0 Å². The van der Waals surface area contributed by atoms with Crippen molar-refractivity contribution in [1.29, 1.82) is 0 Å². The van der Waals surface area contributed by atoms with E-state index in [1.807, 2.05) is 42.5 Å². The molecule has 1 atom stereocenters. The summed E-state index contributed by atoms with van der Waals surface area (Å²) in [6.45, 7) is 2.79. The first-order chi connectivity index (χ1) is 16.2. The van der Waals surface area contributed by atoms with Crippen LogP contribution in [-0.2, 0) is 11.3 Å². The van der Waals surface area contributed by atoms with Gasteiger partial charge in [0.15, 0.2) is 11.5 Å². The van der Waals surface area contributed by atoms with Crippen molar-refractivity contribution >= 4 is 17.3 Å². The lowest BCUT2D eigenvalue weighted by Gasteiger charge is -2.33. The minimum atomic E-state index is -0.182. The number of carbonyl (C=O) groups excluding carboxylic acids is 1. The van der Waals surface area contributed by atoms with E-state index in [4.69, 9.17) is 9.47 Å². The van der Waals surface area contributed by atoms with Crippen LogP contribution in [-0.4, -0.2) is 42.0 Å². The Labute approximate surface area is 191 Å². The summed E-state index contributed by atoms with van der Waals surface area (Å²) in [6, 6.07) is 16.8. The number of nitrogens with zero attached hydrogens (tertiary/aromatic N) is 3. The molecular formula is C25H26N4O4. The zero-order valence-corrected chi connectivity index (χ0v) is 18.3. The number of aromatic nitrogens is 2. The summed E-state index contributed by atoms with van der Waals surface area (Å²) in [5.41, 5.74) is 2.31. The van der Waals surface area contributed by atoms with Gasteiger partial charge in [-0.3, -0.25) is 9.59 Å². The van der Waals surface area contributed by atoms with Crippen LogP contribution in [0.1, 0.15) is 18.4 Å². The van der Waals surface area contributed by atoms with Gasteiger partial charge < -0.3 is 19.7 Å². The smallest absolute Gasteiger partial charge is 0.269 e. The van der Waals surface area contributed by atoms with E-state index in [2.05, 4.69) is 15.3 Å². The van der Waals surface area contributed by atoms with Crippen molar-refractivity contribution in [3.63, 3.8) is 0 Å². The zero-order chi connectivity index (χ0) is 22.6. The van der Waals surface area contributed by atoms with Crippen molar-refractivity contribution in [3.05, 3.63) is 76.7 Å². The quantitative estimate of drug-likeness (QED) is 0.649. The molecule has 8 nitrogen and oxygen atoms in total. The van der Waals surface area contributed by atoms with Crippen molar-refractivity contribution in [2.75, 3.05) is 36.5 Å². The van der Waals surface area contributed by atoms with E-state index < -0.39 is 0 Å². The Hall–Kier alpha value is -3.81. The lowest BCUT2D eigenvalue weighted by Crippen LogP contribution is -2.41. The molecule has 1 fully saturated rings. The van der Waals surface area contributed by atoms with Crippen molar-refractivity contribution in [1.82, 2.24) is 9.78 Å². The van der Waals surface area contributed by atoms with Gasteiger partial charge in [0.2, 0.25) is 5.91 Å². The number of hydrogen-bond acceptors (Lipinski definition) is 6. The minimum absolute atomic E-state index is 0.0400. The van der Waals surface area contributed by atoms with Gasteiger partial charge in [0.25, 0.3) is 5.56 Å². The molecule has 1 saturated heterocycles. The van der Waals surface area contributed by atoms with Crippen LogP contribution < -0.4 is 25.2 Å². The van der Waals surface area contributed by atoms with Crippen LogP contribution >= 0.6 is 0 Å². The summed E-state index contributed by atoms with van der Waals surface area (Å²) in [7, 11) is 0. The van der Waals surface area contributed by atoms with Gasteiger partial charge in [-0.25, -0.2) is 4.68 Å². The van der Waals surface area contributed by atoms with E-state index in [1.54, 1.807) is 18.3 Å². The van der Waals surface area contributed by atoms with Crippen LogP contribution in [0, 0.1) is 5.92 Å². The van der Waals surface area contributed by atoms with Crippen LogP contribution in [0.2, 0.25) is 0 Å². The number of rotatable bonds is 5. The first-order valence-corrected chi connectivity index (χ1v) is 11.2. The van der Waals surface area contributed by atoms with Crippen LogP contribution in [0.5, 0.6) is 11.5 Å². The third kappa shape index (κ3) is 4.84. The summed E-state index contributed by atoms with van der Waals surface area (Å²) in [5, 5.41) is 7.36. The molecule has 0 aliphatic carbocycles. The Morgan fingerprint density at radius 3 is 2.70 bits per heavy atom. The Morgan fingerprint density at radius 2 is 1.88 bits per heavy atom. The van der Waals surface area contributed by atoms with Gasteiger partial charge in [0.1, 0.15) is 13.2 Å². The molecule has 0 bridgehead atoms. The first kappa shape index (κ1) is 21.1. The Bertz CT molecular complexity index is 1190. The number of hydrogen-bond donors (Lipinski definition) is 1. The fourth-order valence-electron chi connectivity index (χ4n) is 4.26. The largest absolute Gasteiger partial charge is 0.486 e. The Morgan fingerprint density at radius 1 is 1.06 bits per heavy atom. The highest BCUT2D eigenvalue weighted by Crippen LogP contribution is 2.33. The van der Waals surface area contributed by atoms with E-state index >= 15 is 0 Å². The molecule has 3 aromatic rings. The maximum atomic E-state index is 12.9. The second-order valence-corrected chi connectivity index (χ2v) is 8.33. The van der Waals surface area contributed by atoms with E-state index in [1.165, 1.54) is 4.68 Å². The number of carbonyl (C=O) groups is 1. The third-order valence-electron chi connectivity index (χ3n) is 6.00. The van der Waals surface area contributed by atoms with Crippen molar-refractivity contribution in [2.45, 2.75) is 19.4 Å². The van der Waals surface area contributed by atoms with Crippen LogP contribution in [0.25, 0.3) is 0 Å². The molecule has 5 rings (SSSR count). The SMILES string of the molecule is O=C(Nc1ccc2c(c1)OCCO2)[C@H]1CCCN(c2cnn(Cc3ccccc3)c(=O)c2)C1. The average molecular weight is 447 g/mol. The van der Waals surface area contributed by atoms with Gasteiger partial charge >= 0.3 is 0 Å². The number of benzene rings is 2. The van der Waals surface area contributed by atoms with E-state index in [-0.39, 0.29) is 17.4 Å². The number of anilines is 2. The molecule has 0 unspecified atom stereocenters. The van der Waals surface area contributed by atoms with E-state index in [0.29, 0.717) is 43.5 Å². The summed E-state index contributed by atoms with van der Waals surface area (Å²) in [4.78, 5) is 27.6. The molecule has 0 radical (unpaired) electrons. The molecule has 2 aliphatic rings. The van der Waals surface area contributed by atoms with Gasteiger partial charge in [-0.2, -0.15) is 5.10 Å². The maximum absolute atomic E-state index is 12.9. The summed E-state index contributed by atoms with van der Waals surface area (Å²) < 4.78 is 12.6. The molecular weight excluding hydrogens is 420 g/mol. The van der Waals surface area contributed by atoms with Crippen molar-refractivity contribution in [3.8, 4) is 11.5 Å². The monoisotopic (exact) mass is 446 g/mol. The number of nitrogens with one attached hydrogen (secondary N) is 1. The molecule has 1 N–H and O–H groups in total. The summed E-state index contributed by atoms with van der Waals surface area (Å²) in [6.07, 6.45) is 3.38. The van der Waals surface area contributed by atoms with Gasteiger partial charge in [-0.1, -0.05) is 30.3 Å². The molecule has 0 saturated carbocycles. The van der Waals surface area contributed by atoms with E-state index in [0.717, 1.165) is 30.6 Å². The van der Waals surface area contributed by atoms with Crippen molar-refractivity contribution < 1.29 is 14.3 Å². The molecule has 1 aromatic heterocycles. The highest BCUT2D eigenvalue weighted by atomic mass is 16.6. The van der Waals surface area contributed by atoms with Crippen LogP contribution in [0.4, 0.5) is 11.4 Å². The third-order valence-corrected chi connectivity index (χ3v) is 6.00. The highest BCUT2D eigenvalue weighted by Gasteiger charge is 2.27. The lowest BCUT2D eigenvalue weighted by molar-refractivity contribution is -0.120. The van der Waals surface area contributed by atoms with E-state index in [9.17, 15) is 9.59 Å². The summed E-state index contributed by atoms with van der Waals surface area (Å²) in [5.74, 6) is 1.12. The molecule has 2 aliphatic heterocycles. The molecule has 8 heteroatoms. The van der Waals surface area contributed by atoms with Crippen LogP contribution in [0.15, 0.2) is 65.6 Å². The minimum Gasteiger partial charge on any atom is -0.486 e. The molecule has 33 heavy (non-hydrogen) atoms. The second-order valence-electron chi connectivity index (χ2n) is 8.33. The number of piperidine rings is 1. The standard InChI is InChI=1S/C25H26N4O4/c30-24-14-21(15-26-29(24)16-18-5-2-1-3-6-18)28-10-4-7-19(17-28)25(31)27-20-8-9-22-23(13-20)33-12-11-32-22/h1-3,5-6,8-9,13-15,19H,4,7,10-12,16-17H2,(H,27,31)/t19-/m0/s1. The predicted octanol–water partition coefficient (Wildman–Crippen LogP) is 2.92. The van der Waals surface area contributed by atoms with Crippen LogP contribution in [0.3, 0.4) is 0 Å². The fourth-order valence-corrected chi connectivity index (χ4v) is 4.26. The Balaban J connectivity index is 1.24.